The summed E-state index contributed by atoms with van der Waals surface area (Å²) in [7, 11) is 10.2. The predicted octanol–water partition coefficient (Wildman–Crippen LogP) is 3.75. The summed E-state index contributed by atoms with van der Waals surface area (Å²) in [6.45, 7) is 7.03. The maximum atomic E-state index is 7.44. The van der Waals surface area contributed by atoms with E-state index in [4.69, 9.17) is 15.6 Å². The van der Waals surface area contributed by atoms with E-state index < -0.39 is 0 Å². The topological polar surface area (TPSA) is 79.7 Å². The Labute approximate surface area is 182 Å². The summed E-state index contributed by atoms with van der Waals surface area (Å²) in [6.07, 6.45) is 9.85. The second-order valence-corrected chi connectivity index (χ2v) is 5.18. The van der Waals surface area contributed by atoms with E-state index in [9.17, 15) is 0 Å². The maximum absolute atomic E-state index is 7.44. The van der Waals surface area contributed by atoms with E-state index in [1.807, 2.05) is 101 Å². The van der Waals surface area contributed by atoms with E-state index in [2.05, 4.69) is 14.7 Å². The van der Waals surface area contributed by atoms with Crippen molar-refractivity contribution in [3.05, 3.63) is 61.1 Å². The van der Waals surface area contributed by atoms with Crippen molar-refractivity contribution in [2.24, 2.45) is 0 Å². The van der Waals surface area contributed by atoms with E-state index in [1.54, 1.807) is 21.0 Å². The molecule has 3 rings (SSSR count). The van der Waals surface area contributed by atoms with Crippen molar-refractivity contribution in [1.29, 1.82) is 0 Å². The average molecular weight is 492 g/mol. The van der Waals surface area contributed by atoms with Crippen LogP contribution in [-0.2, 0) is 17.3 Å². The molecule has 28 heavy (non-hydrogen) atoms. The monoisotopic (exact) mass is 492 g/mol. The van der Waals surface area contributed by atoms with Gasteiger partial charge >= 0.3 is 27.0 Å². The first kappa shape index (κ1) is 25.9. The molecule has 1 aromatic rings. The van der Waals surface area contributed by atoms with Crippen LogP contribution in [0.15, 0.2) is 36.9 Å². The van der Waals surface area contributed by atoms with Crippen molar-refractivity contribution in [1.82, 2.24) is 14.8 Å². The van der Waals surface area contributed by atoms with Crippen LogP contribution in [0.2, 0.25) is 0 Å². The molecular weight excluding hydrogens is 467 g/mol. The van der Waals surface area contributed by atoms with Gasteiger partial charge in [0.15, 0.2) is 5.75 Å². The predicted molar refractivity (Wildman–Crippen MR) is 114 cm³/mol. The molecule has 0 atom stereocenters. The van der Waals surface area contributed by atoms with Crippen LogP contribution in [0.5, 0.6) is 5.75 Å². The molecule has 0 spiro atoms. The van der Waals surface area contributed by atoms with Gasteiger partial charge in [-0.1, -0.05) is 13.8 Å². The summed E-state index contributed by atoms with van der Waals surface area (Å²) in [5, 5.41) is 14.9. The average Bonchev–Trinajstić information content (AvgIpc) is 3.32. The summed E-state index contributed by atoms with van der Waals surface area (Å²) in [5.41, 5.74) is 0. The Bertz CT molecular complexity index is 651. The van der Waals surface area contributed by atoms with Crippen LogP contribution in [0.4, 0.5) is 11.6 Å². The molecule has 8 nitrogen and oxygen atoms in total. The number of aromatic nitrogens is 1. The van der Waals surface area contributed by atoms with Gasteiger partial charge in [0.25, 0.3) is 0 Å². The molecule has 0 saturated heterocycles. The summed E-state index contributed by atoms with van der Waals surface area (Å²) >= 11 is 1.82. The quantitative estimate of drug-likeness (QED) is 0.364. The number of pyridine rings is 1. The molecule has 0 aromatic carbocycles. The second-order valence-electron chi connectivity index (χ2n) is 5.18. The molecule has 0 amide bonds. The molecule has 0 aliphatic carbocycles. The molecule has 2 aliphatic rings. The number of nitrogens with zero attached hydrogens (tertiary/aromatic N) is 7. The Morgan fingerprint density at radius 1 is 0.964 bits per heavy atom. The first-order valence-corrected chi connectivity index (χ1v) is 10.3. The Morgan fingerprint density at radius 2 is 1.43 bits per heavy atom. The van der Waals surface area contributed by atoms with Crippen molar-refractivity contribution < 1.29 is 22.0 Å². The van der Waals surface area contributed by atoms with Gasteiger partial charge in [-0.15, -0.1) is 13.3 Å². The normalized spacial score (nSPS) is 13.7. The van der Waals surface area contributed by atoms with Crippen molar-refractivity contribution >= 4 is 33.8 Å². The number of ether oxygens (including phenoxy) is 1. The third kappa shape index (κ3) is 8.27. The molecule has 3 heterocycles. The van der Waals surface area contributed by atoms with Crippen molar-refractivity contribution in [2.75, 3.05) is 31.0 Å². The van der Waals surface area contributed by atoms with E-state index in [0.29, 0.717) is 0 Å². The van der Waals surface area contributed by atoms with Crippen LogP contribution in [0.25, 0.3) is 10.8 Å². The summed E-state index contributed by atoms with van der Waals surface area (Å²) < 4.78 is 5.40. The fourth-order valence-corrected chi connectivity index (χ4v) is 2.07. The van der Waals surface area contributed by atoms with Crippen molar-refractivity contribution in [3.8, 4) is 5.75 Å². The van der Waals surface area contributed by atoms with Crippen LogP contribution >= 0.6 is 9.69 Å². The van der Waals surface area contributed by atoms with E-state index in [0.717, 1.165) is 29.8 Å². The van der Waals surface area contributed by atoms with E-state index in [1.165, 1.54) is 0 Å². The molecule has 0 fully saturated rings. The first-order chi connectivity index (χ1) is 13.5. The molecule has 157 valence electrons. The standard InChI is InChI=1S/C14H17N5O.2C2H4N.ClH.Ru/c1-16-6-8-18(10-16)13-5-4-12(20-3)14(15-13)19-9-7-17(2)11-19;2*1-2-3;;/h4-11H,1-3H3;2*2H,1H3;1H;/q-2;2*-1;;+1/p-1. The molecule has 0 saturated carbocycles. The van der Waals surface area contributed by atoms with E-state index >= 15 is 0 Å². The van der Waals surface area contributed by atoms with Crippen LogP contribution in [0, 0.1) is 13.3 Å². The Morgan fingerprint density at radius 3 is 1.82 bits per heavy atom. The minimum atomic E-state index is 0.737. The fourth-order valence-electron chi connectivity index (χ4n) is 2.07. The molecular formula is C18H25ClN7ORu-4. The number of hydrogen-bond donors (Lipinski definition) is 0. The molecule has 0 bridgehead atoms. The molecule has 0 unspecified atom stereocenters. The third-order valence-corrected chi connectivity index (χ3v) is 3.09. The van der Waals surface area contributed by atoms with Gasteiger partial charge in [0.05, 0.1) is 7.11 Å². The number of halogens is 1. The number of hydrogen-bond acceptors (Lipinski definition) is 6. The zero-order valence-corrected chi connectivity index (χ0v) is 19.0. The number of rotatable bonds is 3. The fraction of sp³-hybridized carbons (Fsp3) is 0.278. The van der Waals surface area contributed by atoms with Crippen LogP contribution in [-0.4, -0.2) is 48.4 Å². The van der Waals surface area contributed by atoms with Crippen molar-refractivity contribution in [2.45, 2.75) is 13.8 Å². The second kappa shape index (κ2) is 14.9. The zero-order valence-electron chi connectivity index (χ0n) is 16.5. The van der Waals surface area contributed by atoms with Gasteiger partial charge in [0.2, 0.25) is 0 Å². The Balaban J connectivity index is 0.000000796. The number of anilines is 2. The summed E-state index contributed by atoms with van der Waals surface area (Å²) in [4.78, 5) is 12.5. The molecule has 10 heteroatoms. The Hall–Kier alpha value is -2.12. The van der Waals surface area contributed by atoms with Gasteiger partial charge in [-0.2, -0.15) is 0 Å². The Kier molecular flexibility index (Phi) is 13.8. The minimum absolute atomic E-state index is 0.737. The van der Waals surface area contributed by atoms with Gasteiger partial charge in [0.1, 0.15) is 11.6 Å². The van der Waals surface area contributed by atoms with Crippen LogP contribution in [0.3, 0.4) is 0 Å². The van der Waals surface area contributed by atoms with Gasteiger partial charge < -0.3 is 35.2 Å². The molecule has 2 aliphatic heterocycles. The first-order valence-electron chi connectivity index (χ1n) is 8.10. The van der Waals surface area contributed by atoms with Crippen molar-refractivity contribution in [3.63, 3.8) is 0 Å². The van der Waals surface area contributed by atoms with Gasteiger partial charge in [-0.05, 0) is 51.0 Å². The van der Waals surface area contributed by atoms with Crippen LogP contribution < -0.4 is 14.5 Å². The van der Waals surface area contributed by atoms with Gasteiger partial charge in [-0.25, -0.2) is 17.4 Å². The summed E-state index contributed by atoms with van der Waals surface area (Å²) in [6, 6.07) is 3.86. The molecule has 0 N–H and O–H groups in total. The third-order valence-electron chi connectivity index (χ3n) is 3.09. The SMILES string of the molecule is CC=[N-].CC=[N-].COc1ccc(N2C=CN(C)[CH-]2)nc1N1C=CN(C)[CH-]1.[Cl][Ru]. The zero-order chi connectivity index (χ0) is 21.5. The van der Waals surface area contributed by atoms with Gasteiger partial charge in [-0.3, -0.25) is 0 Å². The molecule has 1 aromatic heterocycles. The van der Waals surface area contributed by atoms with Crippen LogP contribution in [0.1, 0.15) is 13.8 Å². The van der Waals surface area contributed by atoms with E-state index in [-0.39, 0.29) is 0 Å². The number of methoxy groups -OCH3 is 1. The molecule has 0 radical (unpaired) electrons. The summed E-state index contributed by atoms with van der Waals surface area (Å²) in [5.74, 6) is 2.35. The van der Waals surface area contributed by atoms with Gasteiger partial charge in [0, 0.05) is 0 Å².